The second kappa shape index (κ2) is 9.23. The number of halogens is 1. The third-order valence-electron chi connectivity index (χ3n) is 6.58. The SMILES string of the molecule is COc1cccc(C2C(C(=O)c3cc4cc(Br)ccc4o3)=C(O)C(=O)N2c2ccc(C(C)(C)C)cc2)c1. The highest BCUT2D eigenvalue weighted by atomic mass is 79.9. The van der Waals surface area contributed by atoms with Crippen molar-refractivity contribution in [2.24, 2.45) is 0 Å². The number of carbonyl (C=O) groups is 2. The lowest BCUT2D eigenvalue weighted by Gasteiger charge is -2.28. The van der Waals surface area contributed by atoms with Gasteiger partial charge in [0.2, 0.25) is 5.78 Å². The summed E-state index contributed by atoms with van der Waals surface area (Å²) >= 11 is 3.43. The summed E-state index contributed by atoms with van der Waals surface area (Å²) in [7, 11) is 1.55. The maximum Gasteiger partial charge on any atom is 0.294 e. The number of aliphatic hydroxyl groups is 1. The monoisotopic (exact) mass is 559 g/mol. The predicted octanol–water partition coefficient (Wildman–Crippen LogP) is 7.28. The lowest BCUT2D eigenvalue weighted by Crippen LogP contribution is -2.31. The molecule has 7 heteroatoms. The molecule has 1 atom stereocenters. The first kappa shape index (κ1) is 24.8. The number of Topliss-reactive ketones (excluding diaryl/α,β-unsaturated/α-hetero) is 1. The van der Waals surface area contributed by atoms with Crippen LogP contribution in [0.1, 0.15) is 48.5 Å². The van der Waals surface area contributed by atoms with Gasteiger partial charge in [-0.05, 0) is 65.1 Å². The summed E-state index contributed by atoms with van der Waals surface area (Å²) in [5.41, 5.74) is 2.70. The highest BCUT2D eigenvalue weighted by Gasteiger charge is 2.45. The van der Waals surface area contributed by atoms with E-state index in [1.165, 1.54) is 4.90 Å². The summed E-state index contributed by atoms with van der Waals surface area (Å²) in [6, 6.07) is 20.9. The second-order valence-corrected chi connectivity index (χ2v) is 11.0. The Kier molecular flexibility index (Phi) is 6.20. The van der Waals surface area contributed by atoms with Crippen molar-refractivity contribution in [1.82, 2.24) is 0 Å². The third-order valence-corrected chi connectivity index (χ3v) is 7.07. The number of ketones is 1. The van der Waals surface area contributed by atoms with Crippen LogP contribution in [-0.2, 0) is 10.2 Å². The molecule has 6 nitrogen and oxygen atoms in total. The predicted molar refractivity (Wildman–Crippen MR) is 146 cm³/mol. The topological polar surface area (TPSA) is 80.0 Å². The lowest BCUT2D eigenvalue weighted by molar-refractivity contribution is -0.117. The molecule has 3 aromatic carbocycles. The number of nitrogens with zero attached hydrogens (tertiary/aromatic N) is 1. The maximum absolute atomic E-state index is 13.8. The highest BCUT2D eigenvalue weighted by molar-refractivity contribution is 9.10. The Bertz CT molecular complexity index is 1560. The van der Waals surface area contributed by atoms with E-state index in [1.54, 1.807) is 43.5 Å². The Balaban J connectivity index is 1.64. The van der Waals surface area contributed by atoms with E-state index in [0.29, 0.717) is 22.6 Å². The normalized spacial score (nSPS) is 16.1. The van der Waals surface area contributed by atoms with Crippen LogP contribution < -0.4 is 9.64 Å². The van der Waals surface area contributed by atoms with Crippen LogP contribution in [-0.4, -0.2) is 23.9 Å². The fourth-order valence-electron chi connectivity index (χ4n) is 4.61. The molecule has 0 spiro atoms. The van der Waals surface area contributed by atoms with Gasteiger partial charge in [-0.25, -0.2) is 0 Å². The van der Waals surface area contributed by atoms with Gasteiger partial charge in [-0.3, -0.25) is 14.5 Å². The largest absolute Gasteiger partial charge is 0.503 e. The van der Waals surface area contributed by atoms with Gasteiger partial charge in [-0.2, -0.15) is 0 Å². The van der Waals surface area contributed by atoms with Crippen LogP contribution in [0, 0.1) is 0 Å². The molecule has 0 saturated heterocycles. The van der Waals surface area contributed by atoms with Gasteiger partial charge >= 0.3 is 0 Å². The summed E-state index contributed by atoms with van der Waals surface area (Å²) in [6.45, 7) is 6.33. The first-order chi connectivity index (χ1) is 17.6. The minimum atomic E-state index is -0.879. The standard InChI is InChI=1S/C30H26BrNO5/c1-30(2,3)19-8-11-21(12-9-19)32-26(17-6-5-7-22(15-17)36-4)25(28(34)29(32)35)27(33)24-16-18-14-20(31)10-13-23(18)37-24/h5-16,26,34H,1-4H3. The molecule has 0 radical (unpaired) electrons. The van der Waals surface area contributed by atoms with Crippen molar-refractivity contribution >= 4 is 44.3 Å². The molecule has 4 aromatic rings. The van der Waals surface area contributed by atoms with Gasteiger partial charge in [0.25, 0.3) is 5.91 Å². The van der Waals surface area contributed by atoms with Crippen molar-refractivity contribution in [1.29, 1.82) is 0 Å². The fourth-order valence-corrected chi connectivity index (χ4v) is 4.99. The number of rotatable bonds is 5. The zero-order valence-electron chi connectivity index (χ0n) is 20.9. The molecule has 188 valence electrons. The van der Waals surface area contributed by atoms with Crippen molar-refractivity contribution in [3.8, 4) is 5.75 Å². The smallest absolute Gasteiger partial charge is 0.294 e. The van der Waals surface area contributed by atoms with Gasteiger partial charge < -0.3 is 14.3 Å². The van der Waals surface area contributed by atoms with Crippen molar-refractivity contribution in [2.75, 3.05) is 12.0 Å². The Morgan fingerprint density at radius 1 is 1.03 bits per heavy atom. The summed E-state index contributed by atoms with van der Waals surface area (Å²) in [6.07, 6.45) is 0. The van der Waals surface area contributed by atoms with Crippen LogP contribution in [0.2, 0.25) is 0 Å². The summed E-state index contributed by atoms with van der Waals surface area (Å²) in [5.74, 6) is -1.20. The van der Waals surface area contributed by atoms with Gasteiger partial charge in [-0.1, -0.05) is 61.0 Å². The fraction of sp³-hybridized carbons (Fsp3) is 0.200. The number of hydrogen-bond donors (Lipinski definition) is 1. The van der Waals surface area contributed by atoms with E-state index in [9.17, 15) is 14.7 Å². The summed E-state index contributed by atoms with van der Waals surface area (Å²) < 4.78 is 12.1. The van der Waals surface area contributed by atoms with E-state index < -0.39 is 23.5 Å². The van der Waals surface area contributed by atoms with Crippen molar-refractivity contribution in [3.05, 3.63) is 105 Å². The molecule has 37 heavy (non-hydrogen) atoms. The average Bonchev–Trinajstić information content (AvgIpc) is 3.41. The van der Waals surface area contributed by atoms with Gasteiger partial charge in [0, 0.05) is 15.5 Å². The van der Waals surface area contributed by atoms with Gasteiger partial charge in [-0.15, -0.1) is 0 Å². The maximum atomic E-state index is 13.8. The van der Waals surface area contributed by atoms with Crippen LogP contribution in [0.15, 0.2) is 93.0 Å². The first-order valence-corrected chi connectivity index (χ1v) is 12.6. The van der Waals surface area contributed by atoms with Gasteiger partial charge in [0.05, 0.1) is 18.7 Å². The van der Waals surface area contributed by atoms with Crippen LogP contribution in [0.3, 0.4) is 0 Å². The first-order valence-electron chi connectivity index (χ1n) is 11.8. The number of ether oxygens (including phenoxy) is 1. The van der Waals surface area contributed by atoms with E-state index in [4.69, 9.17) is 9.15 Å². The minimum absolute atomic E-state index is 0.0419. The molecule has 0 saturated carbocycles. The number of fused-ring (bicyclic) bond motifs is 1. The van der Waals surface area contributed by atoms with Crippen molar-refractivity contribution in [3.63, 3.8) is 0 Å². The molecular formula is C30H26BrNO5. The second-order valence-electron chi connectivity index (χ2n) is 10.0. The lowest BCUT2D eigenvalue weighted by atomic mass is 9.87. The van der Waals surface area contributed by atoms with E-state index in [1.807, 2.05) is 36.4 Å². The number of aliphatic hydroxyl groups excluding tert-OH is 1. The van der Waals surface area contributed by atoms with E-state index >= 15 is 0 Å². The number of amides is 1. The molecule has 1 N–H and O–H groups in total. The molecule has 0 aliphatic carbocycles. The van der Waals surface area contributed by atoms with Crippen LogP contribution >= 0.6 is 15.9 Å². The van der Waals surface area contributed by atoms with Crippen molar-refractivity contribution in [2.45, 2.75) is 32.2 Å². The molecule has 1 unspecified atom stereocenters. The molecule has 1 aliphatic heterocycles. The highest BCUT2D eigenvalue weighted by Crippen LogP contribution is 2.43. The third kappa shape index (κ3) is 4.44. The number of furan rings is 1. The minimum Gasteiger partial charge on any atom is -0.503 e. The Morgan fingerprint density at radius 2 is 1.76 bits per heavy atom. The Hall–Kier alpha value is -3.84. The summed E-state index contributed by atoms with van der Waals surface area (Å²) in [5, 5.41) is 11.8. The molecule has 1 aliphatic rings. The summed E-state index contributed by atoms with van der Waals surface area (Å²) in [4.78, 5) is 28.8. The number of methoxy groups -OCH3 is 1. The Morgan fingerprint density at radius 3 is 2.43 bits per heavy atom. The molecule has 2 heterocycles. The van der Waals surface area contributed by atoms with Gasteiger partial charge in [0.1, 0.15) is 11.3 Å². The van der Waals surface area contributed by atoms with Crippen LogP contribution in [0.4, 0.5) is 5.69 Å². The van der Waals surface area contributed by atoms with Crippen LogP contribution in [0.25, 0.3) is 11.0 Å². The molecule has 1 amide bonds. The molecular weight excluding hydrogens is 534 g/mol. The van der Waals surface area contributed by atoms with E-state index in [-0.39, 0.29) is 16.7 Å². The van der Waals surface area contributed by atoms with Crippen molar-refractivity contribution < 1.29 is 23.8 Å². The molecule has 5 rings (SSSR count). The van der Waals surface area contributed by atoms with E-state index in [2.05, 4.69) is 36.7 Å². The average molecular weight is 560 g/mol. The molecule has 0 bridgehead atoms. The quantitative estimate of drug-likeness (QED) is 0.260. The van der Waals surface area contributed by atoms with Gasteiger partial charge in [0.15, 0.2) is 11.5 Å². The number of benzene rings is 3. The zero-order valence-corrected chi connectivity index (χ0v) is 22.5. The molecule has 1 aromatic heterocycles. The Labute approximate surface area is 223 Å². The number of hydrogen-bond acceptors (Lipinski definition) is 5. The zero-order chi connectivity index (χ0) is 26.5. The van der Waals surface area contributed by atoms with E-state index in [0.717, 1.165) is 15.4 Å². The molecule has 0 fully saturated rings. The number of carbonyl (C=O) groups excluding carboxylic acids is 2. The number of anilines is 1. The van der Waals surface area contributed by atoms with Crippen LogP contribution in [0.5, 0.6) is 5.75 Å².